The van der Waals surface area contributed by atoms with Crippen LogP contribution in [0.25, 0.3) is 0 Å². The summed E-state index contributed by atoms with van der Waals surface area (Å²) in [5, 5.41) is 12.4. The molecule has 1 aromatic carbocycles. The van der Waals surface area contributed by atoms with E-state index in [0.29, 0.717) is 6.42 Å². The minimum absolute atomic E-state index is 0.0650. The number of nitrogens with one attached hydrogen (secondary N) is 1. The monoisotopic (exact) mass is 295 g/mol. The molecule has 1 amide bonds. The van der Waals surface area contributed by atoms with E-state index < -0.39 is 17.2 Å². The lowest BCUT2D eigenvalue weighted by atomic mass is 9.98. The van der Waals surface area contributed by atoms with Crippen molar-refractivity contribution in [1.29, 1.82) is 0 Å². The van der Waals surface area contributed by atoms with E-state index in [0.717, 1.165) is 31.7 Å². The molecule has 0 radical (unpaired) electrons. The van der Waals surface area contributed by atoms with Crippen LogP contribution in [0.1, 0.15) is 43.6 Å². The Labute approximate surface area is 122 Å². The smallest absolute Gasteiger partial charge is 0.224 e. The Balaban J connectivity index is 1.67. The molecule has 114 valence electrons. The van der Waals surface area contributed by atoms with Crippen LogP contribution in [0.5, 0.6) is 0 Å². The number of hydrogen-bond donors (Lipinski definition) is 2. The van der Waals surface area contributed by atoms with Crippen LogP contribution < -0.4 is 5.32 Å². The Morgan fingerprint density at radius 3 is 2.71 bits per heavy atom. The van der Waals surface area contributed by atoms with Gasteiger partial charge in [-0.3, -0.25) is 4.79 Å². The molecule has 2 fully saturated rings. The molecule has 0 saturated heterocycles. The molecule has 21 heavy (non-hydrogen) atoms. The predicted octanol–water partition coefficient (Wildman–Crippen LogP) is 2.49. The first-order valence-corrected chi connectivity index (χ1v) is 7.43. The van der Waals surface area contributed by atoms with E-state index in [4.69, 9.17) is 0 Å². The van der Waals surface area contributed by atoms with E-state index in [1.54, 1.807) is 0 Å². The van der Waals surface area contributed by atoms with Gasteiger partial charge in [0.05, 0.1) is 12.1 Å². The normalized spacial score (nSPS) is 26.6. The highest BCUT2D eigenvalue weighted by molar-refractivity contribution is 5.83. The molecule has 0 spiro atoms. The van der Waals surface area contributed by atoms with Crippen molar-refractivity contribution in [1.82, 2.24) is 5.32 Å². The van der Waals surface area contributed by atoms with Gasteiger partial charge in [0.15, 0.2) is 11.6 Å². The zero-order valence-corrected chi connectivity index (χ0v) is 11.7. The van der Waals surface area contributed by atoms with Gasteiger partial charge in [-0.2, -0.15) is 0 Å². The molecule has 0 aromatic heterocycles. The summed E-state index contributed by atoms with van der Waals surface area (Å²) in [5.74, 6) is -2.44. The number of halogens is 2. The van der Waals surface area contributed by atoms with Gasteiger partial charge in [0, 0.05) is 5.92 Å². The minimum atomic E-state index is -0.874. The van der Waals surface area contributed by atoms with Crippen LogP contribution in [-0.4, -0.2) is 23.2 Å². The number of benzene rings is 1. The first-order valence-electron chi connectivity index (χ1n) is 7.43. The summed E-state index contributed by atoms with van der Waals surface area (Å²) in [6.07, 6.45) is 4.08. The van der Waals surface area contributed by atoms with E-state index in [1.165, 1.54) is 12.1 Å². The van der Waals surface area contributed by atoms with Gasteiger partial charge in [-0.15, -0.1) is 0 Å². The lowest BCUT2D eigenvalue weighted by Crippen LogP contribution is -2.49. The molecule has 3 nitrogen and oxygen atoms in total. The Bertz CT molecular complexity index is 555. The van der Waals surface area contributed by atoms with Gasteiger partial charge in [0.1, 0.15) is 0 Å². The van der Waals surface area contributed by atoms with Crippen LogP contribution >= 0.6 is 0 Å². The Kier molecular flexibility index (Phi) is 3.69. The van der Waals surface area contributed by atoms with Crippen molar-refractivity contribution in [3.8, 4) is 0 Å². The standard InChI is InChI=1S/C16H19F2NO2/c17-13-5-3-4-10(14(13)18)11-8-12(11)15(21)19-16(9-20)6-1-2-7-16/h3-5,11-12,20H,1-2,6-9H2,(H,19,21). The molecule has 0 heterocycles. The van der Waals surface area contributed by atoms with Gasteiger partial charge >= 0.3 is 0 Å². The lowest BCUT2D eigenvalue weighted by Gasteiger charge is -2.28. The van der Waals surface area contributed by atoms with Crippen LogP contribution in [0.3, 0.4) is 0 Å². The fourth-order valence-electron chi connectivity index (χ4n) is 3.36. The molecular formula is C16H19F2NO2. The average Bonchev–Trinajstić information content (AvgIpc) is 3.14. The van der Waals surface area contributed by atoms with E-state index in [-0.39, 0.29) is 29.9 Å². The second-order valence-electron chi connectivity index (χ2n) is 6.23. The van der Waals surface area contributed by atoms with Crippen molar-refractivity contribution in [2.75, 3.05) is 6.61 Å². The maximum atomic E-state index is 13.7. The van der Waals surface area contributed by atoms with Crippen LogP contribution in [-0.2, 0) is 4.79 Å². The van der Waals surface area contributed by atoms with Crippen molar-refractivity contribution >= 4 is 5.91 Å². The summed E-state index contributed by atoms with van der Waals surface area (Å²) < 4.78 is 27.0. The third-order valence-corrected chi connectivity index (χ3v) is 4.76. The number of aliphatic hydroxyl groups excluding tert-OH is 1. The number of rotatable bonds is 4. The summed E-state index contributed by atoms with van der Waals surface area (Å²) in [6.45, 7) is -0.0650. The van der Waals surface area contributed by atoms with Crippen molar-refractivity contribution in [2.45, 2.75) is 43.6 Å². The molecule has 2 aliphatic carbocycles. The first-order chi connectivity index (χ1) is 10.1. The van der Waals surface area contributed by atoms with Crippen molar-refractivity contribution in [3.63, 3.8) is 0 Å². The third kappa shape index (κ3) is 2.67. The summed E-state index contributed by atoms with van der Waals surface area (Å²) in [4.78, 5) is 12.3. The second-order valence-corrected chi connectivity index (χ2v) is 6.23. The number of carbonyl (C=O) groups excluding carboxylic acids is 1. The summed E-state index contributed by atoms with van der Waals surface area (Å²) in [7, 11) is 0. The average molecular weight is 295 g/mol. The Hall–Kier alpha value is -1.49. The Morgan fingerprint density at radius 1 is 1.33 bits per heavy atom. The highest BCUT2D eigenvalue weighted by Gasteiger charge is 2.48. The first kappa shape index (κ1) is 14.4. The van der Waals surface area contributed by atoms with Crippen LogP contribution in [0, 0.1) is 17.6 Å². The third-order valence-electron chi connectivity index (χ3n) is 4.76. The molecule has 2 N–H and O–H groups in total. The van der Waals surface area contributed by atoms with E-state index in [2.05, 4.69) is 5.32 Å². The van der Waals surface area contributed by atoms with Crippen LogP contribution in [0.15, 0.2) is 18.2 Å². The number of aliphatic hydroxyl groups is 1. The lowest BCUT2D eigenvalue weighted by molar-refractivity contribution is -0.124. The van der Waals surface area contributed by atoms with Crippen LogP contribution in [0.2, 0.25) is 0 Å². The number of hydrogen-bond acceptors (Lipinski definition) is 2. The fourth-order valence-corrected chi connectivity index (χ4v) is 3.36. The fraction of sp³-hybridized carbons (Fsp3) is 0.562. The Morgan fingerprint density at radius 2 is 2.05 bits per heavy atom. The molecule has 1 aromatic rings. The van der Waals surface area contributed by atoms with Crippen molar-refractivity contribution in [3.05, 3.63) is 35.4 Å². The minimum Gasteiger partial charge on any atom is -0.394 e. The second kappa shape index (κ2) is 5.37. The molecule has 3 rings (SSSR count). The summed E-state index contributed by atoms with van der Waals surface area (Å²) >= 11 is 0. The zero-order chi connectivity index (χ0) is 15.0. The van der Waals surface area contributed by atoms with Gasteiger partial charge in [-0.1, -0.05) is 25.0 Å². The topological polar surface area (TPSA) is 49.3 Å². The van der Waals surface area contributed by atoms with Gasteiger partial charge in [-0.05, 0) is 36.8 Å². The van der Waals surface area contributed by atoms with Crippen LogP contribution in [0.4, 0.5) is 8.78 Å². The molecule has 5 heteroatoms. The molecule has 2 aliphatic rings. The zero-order valence-electron chi connectivity index (χ0n) is 11.7. The number of carbonyl (C=O) groups is 1. The predicted molar refractivity (Wildman–Crippen MR) is 73.6 cm³/mol. The molecule has 2 saturated carbocycles. The van der Waals surface area contributed by atoms with Crippen molar-refractivity contribution < 1.29 is 18.7 Å². The van der Waals surface area contributed by atoms with Gasteiger partial charge in [0.25, 0.3) is 0 Å². The highest BCUT2D eigenvalue weighted by atomic mass is 19.2. The van der Waals surface area contributed by atoms with E-state index >= 15 is 0 Å². The molecule has 0 aliphatic heterocycles. The highest BCUT2D eigenvalue weighted by Crippen LogP contribution is 2.49. The maximum Gasteiger partial charge on any atom is 0.224 e. The summed E-state index contributed by atoms with van der Waals surface area (Å²) in [5.41, 5.74) is -0.232. The van der Waals surface area contributed by atoms with Gasteiger partial charge in [0.2, 0.25) is 5.91 Å². The van der Waals surface area contributed by atoms with Crippen molar-refractivity contribution in [2.24, 2.45) is 5.92 Å². The van der Waals surface area contributed by atoms with Gasteiger partial charge in [-0.25, -0.2) is 8.78 Å². The van der Waals surface area contributed by atoms with E-state index in [1.807, 2.05) is 0 Å². The SMILES string of the molecule is O=C(NC1(CO)CCCC1)C1CC1c1cccc(F)c1F. The number of amides is 1. The quantitative estimate of drug-likeness (QED) is 0.896. The molecular weight excluding hydrogens is 276 g/mol. The van der Waals surface area contributed by atoms with Gasteiger partial charge < -0.3 is 10.4 Å². The van der Waals surface area contributed by atoms with E-state index in [9.17, 15) is 18.7 Å². The molecule has 2 unspecified atom stereocenters. The maximum absolute atomic E-state index is 13.7. The summed E-state index contributed by atoms with van der Waals surface area (Å²) in [6, 6.07) is 4.08. The largest absolute Gasteiger partial charge is 0.394 e. The molecule has 2 atom stereocenters. The molecule has 0 bridgehead atoms.